The first-order valence-electron chi connectivity index (χ1n) is 13.3. The van der Waals surface area contributed by atoms with Crippen LogP contribution in [0.3, 0.4) is 0 Å². The Hall–Kier alpha value is -3.05. The molecular formula is C28H35ClN6O3Si. The van der Waals surface area contributed by atoms with Crippen molar-refractivity contribution >= 4 is 36.5 Å². The van der Waals surface area contributed by atoms with E-state index in [-0.39, 0.29) is 6.73 Å². The Kier molecular flexibility index (Phi) is 8.46. The first-order valence-corrected chi connectivity index (χ1v) is 17.4. The summed E-state index contributed by atoms with van der Waals surface area (Å²) in [5, 5.41) is 0.525. The highest BCUT2D eigenvalue weighted by atomic mass is 35.5. The van der Waals surface area contributed by atoms with Gasteiger partial charge in [0.1, 0.15) is 12.2 Å². The minimum Gasteiger partial charge on any atom is -0.453 e. The molecule has 206 valence electrons. The van der Waals surface area contributed by atoms with Gasteiger partial charge in [0.05, 0.1) is 23.9 Å². The lowest BCUT2D eigenvalue weighted by atomic mass is 10.1. The smallest absolute Gasteiger partial charge is 0.301 e. The number of benzene rings is 1. The number of anilines is 1. The van der Waals surface area contributed by atoms with Crippen molar-refractivity contribution < 1.29 is 14.2 Å². The number of nitrogens with zero attached hydrogens (tertiary/aromatic N) is 6. The minimum absolute atomic E-state index is 0.267. The fourth-order valence-corrected chi connectivity index (χ4v) is 5.34. The summed E-state index contributed by atoms with van der Waals surface area (Å²) >= 11 is 6.74. The average Bonchev–Trinajstić information content (AvgIpc) is 3.26. The minimum atomic E-state index is -1.24. The molecule has 0 spiro atoms. The van der Waals surface area contributed by atoms with Gasteiger partial charge in [-0.2, -0.15) is 4.98 Å². The third kappa shape index (κ3) is 6.75. The molecule has 4 heterocycles. The molecular weight excluding hydrogens is 532 g/mol. The number of imidazole rings is 1. The molecule has 11 heteroatoms. The molecule has 1 fully saturated rings. The Labute approximate surface area is 235 Å². The predicted molar refractivity (Wildman–Crippen MR) is 156 cm³/mol. The van der Waals surface area contributed by atoms with Crippen LogP contribution in [0.4, 0.5) is 5.69 Å². The lowest BCUT2D eigenvalue weighted by Gasteiger charge is -2.28. The van der Waals surface area contributed by atoms with Gasteiger partial charge < -0.3 is 19.1 Å². The Morgan fingerprint density at radius 2 is 1.77 bits per heavy atom. The van der Waals surface area contributed by atoms with E-state index in [1.807, 2.05) is 17.6 Å². The molecule has 3 aromatic heterocycles. The molecule has 0 N–H and O–H groups in total. The highest BCUT2D eigenvalue weighted by molar-refractivity contribution is 6.76. The molecule has 1 aliphatic rings. The number of aromatic nitrogens is 5. The average molecular weight is 567 g/mol. The topological polar surface area (TPSA) is 87.4 Å². The van der Waals surface area contributed by atoms with Crippen molar-refractivity contribution in [3.8, 4) is 17.3 Å². The van der Waals surface area contributed by atoms with Crippen molar-refractivity contribution in [1.82, 2.24) is 24.5 Å². The molecule has 1 aromatic carbocycles. The first kappa shape index (κ1) is 27.5. The number of morpholine rings is 1. The lowest BCUT2D eigenvalue weighted by molar-refractivity contribution is 0.0758. The maximum absolute atomic E-state index is 6.74. The zero-order chi connectivity index (χ0) is 27.4. The van der Waals surface area contributed by atoms with Crippen LogP contribution >= 0.6 is 11.6 Å². The summed E-state index contributed by atoms with van der Waals surface area (Å²) in [6, 6.07) is 13.4. The Bertz CT molecular complexity index is 1390. The van der Waals surface area contributed by atoms with E-state index in [1.165, 1.54) is 0 Å². The standard InChI is InChI=1S/C28H35ClN6O3Si/c1-20(26-30-10-5-11-31-26)38-28-32-24-18-23(29)25(33-27(24)35(28)19-37-16-17-39(2,3)4)21-6-8-22(9-7-21)34-12-14-36-15-13-34/h5-11,18,20H,12-17,19H2,1-4H3. The molecule has 0 bridgehead atoms. The van der Waals surface area contributed by atoms with Gasteiger partial charge in [-0.1, -0.05) is 43.4 Å². The van der Waals surface area contributed by atoms with E-state index in [0.29, 0.717) is 40.3 Å². The second kappa shape index (κ2) is 12.0. The molecule has 5 rings (SSSR count). The van der Waals surface area contributed by atoms with E-state index < -0.39 is 14.2 Å². The number of fused-ring (bicyclic) bond motifs is 1. The van der Waals surface area contributed by atoms with Crippen molar-refractivity contribution in [2.75, 3.05) is 37.8 Å². The summed E-state index contributed by atoms with van der Waals surface area (Å²) in [5.41, 5.74) is 4.06. The predicted octanol–water partition coefficient (Wildman–Crippen LogP) is 5.83. The number of pyridine rings is 1. The molecule has 0 amide bonds. The van der Waals surface area contributed by atoms with Crippen LogP contribution in [0, 0.1) is 0 Å². The highest BCUT2D eigenvalue weighted by Crippen LogP contribution is 2.33. The highest BCUT2D eigenvalue weighted by Gasteiger charge is 2.21. The second-order valence-corrected chi connectivity index (χ2v) is 16.9. The number of rotatable bonds is 10. The molecule has 1 saturated heterocycles. The summed E-state index contributed by atoms with van der Waals surface area (Å²) in [6.45, 7) is 13.1. The Balaban J connectivity index is 1.46. The lowest BCUT2D eigenvalue weighted by Crippen LogP contribution is -2.36. The van der Waals surface area contributed by atoms with Crippen molar-refractivity contribution in [2.45, 2.75) is 45.4 Å². The maximum atomic E-state index is 6.74. The monoisotopic (exact) mass is 566 g/mol. The molecule has 9 nitrogen and oxygen atoms in total. The van der Waals surface area contributed by atoms with E-state index in [1.54, 1.807) is 18.5 Å². The van der Waals surface area contributed by atoms with Gasteiger partial charge in [0.15, 0.2) is 17.6 Å². The van der Waals surface area contributed by atoms with Crippen LogP contribution in [0.1, 0.15) is 18.9 Å². The number of ether oxygens (including phenoxy) is 3. The van der Waals surface area contributed by atoms with Gasteiger partial charge in [-0.05, 0) is 37.2 Å². The largest absolute Gasteiger partial charge is 0.453 e. The van der Waals surface area contributed by atoms with Gasteiger partial charge in [0.25, 0.3) is 0 Å². The molecule has 0 aliphatic carbocycles. The summed E-state index contributed by atoms with van der Waals surface area (Å²) in [5.74, 6) is 0.572. The van der Waals surface area contributed by atoms with E-state index in [0.717, 1.165) is 43.6 Å². The molecule has 1 aliphatic heterocycles. The maximum Gasteiger partial charge on any atom is 0.301 e. The number of halogens is 1. The number of hydrogen-bond donors (Lipinski definition) is 0. The molecule has 0 saturated carbocycles. The molecule has 39 heavy (non-hydrogen) atoms. The van der Waals surface area contributed by atoms with Crippen molar-refractivity contribution in [3.63, 3.8) is 0 Å². The number of hydrogen-bond acceptors (Lipinski definition) is 8. The van der Waals surface area contributed by atoms with Crippen molar-refractivity contribution in [1.29, 1.82) is 0 Å². The fraction of sp³-hybridized carbons (Fsp3) is 0.429. The van der Waals surface area contributed by atoms with Gasteiger partial charge in [-0.3, -0.25) is 4.57 Å². The molecule has 1 unspecified atom stereocenters. The zero-order valence-electron chi connectivity index (χ0n) is 22.9. The summed E-state index contributed by atoms with van der Waals surface area (Å²) in [7, 11) is -1.24. The van der Waals surface area contributed by atoms with Crippen molar-refractivity contribution in [3.05, 3.63) is 59.6 Å². The van der Waals surface area contributed by atoms with Crippen LogP contribution in [-0.4, -0.2) is 65.5 Å². The fourth-order valence-electron chi connectivity index (χ4n) is 4.33. The SMILES string of the molecule is CC(Oc1nc2cc(Cl)c(-c3ccc(N4CCOCC4)cc3)nc2n1COCC[Si](C)(C)C)c1ncccn1. The van der Waals surface area contributed by atoms with E-state index in [9.17, 15) is 0 Å². The van der Waals surface area contributed by atoms with Gasteiger partial charge in [-0.25, -0.2) is 15.0 Å². The summed E-state index contributed by atoms with van der Waals surface area (Å²) in [4.78, 5) is 20.7. The third-order valence-electron chi connectivity index (χ3n) is 6.60. The van der Waals surface area contributed by atoms with Gasteiger partial charge >= 0.3 is 6.01 Å². The van der Waals surface area contributed by atoms with Crippen LogP contribution in [0.2, 0.25) is 30.7 Å². The molecule has 4 aromatic rings. The van der Waals surface area contributed by atoms with Crippen LogP contribution in [0.25, 0.3) is 22.4 Å². The van der Waals surface area contributed by atoms with E-state index in [4.69, 9.17) is 35.8 Å². The summed E-state index contributed by atoms with van der Waals surface area (Å²) < 4.78 is 19.7. The third-order valence-corrected chi connectivity index (χ3v) is 8.60. The van der Waals surface area contributed by atoms with Gasteiger partial charge in [-0.15, -0.1) is 0 Å². The Morgan fingerprint density at radius 3 is 2.46 bits per heavy atom. The Morgan fingerprint density at radius 1 is 1.05 bits per heavy atom. The van der Waals surface area contributed by atoms with Crippen LogP contribution in [-0.2, 0) is 16.2 Å². The van der Waals surface area contributed by atoms with E-state index >= 15 is 0 Å². The second-order valence-electron chi connectivity index (χ2n) is 10.8. The summed E-state index contributed by atoms with van der Waals surface area (Å²) in [6.07, 6.45) is 2.98. The van der Waals surface area contributed by atoms with Gasteiger partial charge in [0.2, 0.25) is 0 Å². The van der Waals surface area contributed by atoms with Crippen LogP contribution in [0.15, 0.2) is 48.8 Å². The van der Waals surface area contributed by atoms with E-state index in [2.05, 4.69) is 58.8 Å². The molecule has 0 radical (unpaired) electrons. The van der Waals surface area contributed by atoms with Crippen LogP contribution < -0.4 is 9.64 Å². The van der Waals surface area contributed by atoms with Gasteiger partial charge in [0, 0.05) is 51.4 Å². The zero-order valence-corrected chi connectivity index (χ0v) is 24.7. The van der Waals surface area contributed by atoms with Crippen LogP contribution in [0.5, 0.6) is 6.01 Å². The molecule has 1 atom stereocenters. The quantitative estimate of drug-likeness (QED) is 0.175. The first-order chi connectivity index (χ1) is 18.8. The van der Waals surface area contributed by atoms with Crippen molar-refractivity contribution in [2.24, 2.45) is 0 Å². The normalized spacial score (nSPS) is 15.1.